The van der Waals surface area contributed by atoms with Crippen molar-refractivity contribution in [2.45, 2.75) is 0 Å². The number of rotatable bonds is 2. The van der Waals surface area contributed by atoms with Crippen LogP contribution < -0.4 is 5.32 Å². The van der Waals surface area contributed by atoms with E-state index < -0.39 is 0 Å². The molecule has 0 atom stereocenters. The third kappa shape index (κ3) is 2.48. The number of carbonyl (C=O) groups excluding carboxylic acids is 1. The van der Waals surface area contributed by atoms with E-state index in [9.17, 15) is 4.79 Å². The van der Waals surface area contributed by atoms with E-state index in [-0.39, 0.29) is 11.8 Å². The van der Waals surface area contributed by atoms with Crippen LogP contribution in [0, 0.1) is 0 Å². The van der Waals surface area contributed by atoms with Crippen LogP contribution in [0.15, 0.2) is 16.6 Å². The van der Waals surface area contributed by atoms with Crippen molar-refractivity contribution >= 4 is 71.7 Å². The predicted molar refractivity (Wildman–Crippen MR) is 71.7 cm³/mol. The molecule has 0 fully saturated rings. The van der Waals surface area contributed by atoms with Crippen LogP contribution in [0.25, 0.3) is 10.2 Å². The molecule has 84 valence electrons. The highest BCUT2D eigenvalue weighted by Crippen LogP contribution is 2.33. The van der Waals surface area contributed by atoms with Crippen molar-refractivity contribution in [3.8, 4) is 0 Å². The third-order valence-corrected chi connectivity index (χ3v) is 3.69. The number of benzene rings is 1. The molecule has 16 heavy (non-hydrogen) atoms. The molecular weight excluding hydrogens is 335 g/mol. The molecule has 0 bridgehead atoms. The van der Waals surface area contributed by atoms with Gasteiger partial charge in [-0.15, -0.1) is 11.6 Å². The number of thiazole rings is 1. The van der Waals surface area contributed by atoms with Gasteiger partial charge < -0.3 is 5.32 Å². The standard InChI is InChI=1S/C9H5BrCl2N2OS/c10-4-1-5(12)8-6(2-4)16-9(14-8)13-7(15)3-11/h1-2H,3H2,(H,13,14,15). The van der Waals surface area contributed by atoms with E-state index >= 15 is 0 Å². The van der Waals surface area contributed by atoms with Crippen molar-refractivity contribution in [1.82, 2.24) is 4.98 Å². The van der Waals surface area contributed by atoms with E-state index in [4.69, 9.17) is 23.2 Å². The quantitative estimate of drug-likeness (QED) is 0.843. The lowest BCUT2D eigenvalue weighted by atomic mass is 10.3. The minimum Gasteiger partial charge on any atom is -0.301 e. The summed E-state index contributed by atoms with van der Waals surface area (Å²) in [6, 6.07) is 3.66. The van der Waals surface area contributed by atoms with E-state index in [2.05, 4.69) is 26.2 Å². The second-order valence-electron chi connectivity index (χ2n) is 2.94. The van der Waals surface area contributed by atoms with Crippen LogP contribution in [0.1, 0.15) is 0 Å². The minimum atomic E-state index is -0.282. The largest absolute Gasteiger partial charge is 0.301 e. The summed E-state index contributed by atoms with van der Waals surface area (Å²) >= 11 is 16.1. The number of anilines is 1. The number of halogens is 3. The first-order valence-electron chi connectivity index (χ1n) is 4.21. The Morgan fingerprint density at radius 2 is 2.31 bits per heavy atom. The first kappa shape index (κ1) is 12.1. The fourth-order valence-electron chi connectivity index (χ4n) is 1.16. The van der Waals surface area contributed by atoms with Crippen LogP contribution in [-0.4, -0.2) is 16.8 Å². The molecule has 1 aromatic heterocycles. The summed E-state index contributed by atoms with van der Waals surface area (Å²) in [4.78, 5) is 15.3. The Labute approximate surface area is 114 Å². The van der Waals surface area contributed by atoms with E-state index in [1.54, 1.807) is 6.07 Å². The minimum absolute atomic E-state index is 0.0899. The molecule has 0 aliphatic carbocycles. The van der Waals surface area contributed by atoms with Gasteiger partial charge in [0.1, 0.15) is 11.4 Å². The molecule has 1 aromatic carbocycles. The summed E-state index contributed by atoms with van der Waals surface area (Å²) in [7, 11) is 0. The molecule has 0 saturated carbocycles. The summed E-state index contributed by atoms with van der Waals surface area (Å²) in [5.74, 6) is -0.371. The zero-order chi connectivity index (χ0) is 11.7. The van der Waals surface area contributed by atoms with Crippen molar-refractivity contribution in [3.63, 3.8) is 0 Å². The fraction of sp³-hybridized carbons (Fsp3) is 0.111. The molecule has 2 rings (SSSR count). The number of hydrogen-bond acceptors (Lipinski definition) is 3. The highest BCUT2D eigenvalue weighted by Gasteiger charge is 2.10. The fourth-order valence-corrected chi connectivity index (χ4v) is 3.24. The molecule has 7 heteroatoms. The van der Waals surface area contributed by atoms with Crippen molar-refractivity contribution < 1.29 is 4.79 Å². The van der Waals surface area contributed by atoms with Crippen molar-refractivity contribution in [2.24, 2.45) is 0 Å². The first-order chi connectivity index (χ1) is 7.60. The van der Waals surface area contributed by atoms with E-state index in [0.717, 1.165) is 9.17 Å². The predicted octanol–water partition coefficient (Wildman–Crippen LogP) is 3.89. The van der Waals surface area contributed by atoms with Crippen LogP contribution in [0.2, 0.25) is 5.02 Å². The second kappa shape index (κ2) is 4.87. The molecular formula is C9H5BrCl2N2OS. The van der Waals surface area contributed by atoms with Gasteiger partial charge in [-0.25, -0.2) is 4.98 Å². The number of aromatic nitrogens is 1. The summed E-state index contributed by atoms with van der Waals surface area (Å²) < 4.78 is 1.79. The van der Waals surface area contributed by atoms with Crippen LogP contribution >= 0.6 is 50.5 Å². The van der Waals surface area contributed by atoms with E-state index in [1.165, 1.54) is 11.3 Å². The number of nitrogens with one attached hydrogen (secondary N) is 1. The van der Waals surface area contributed by atoms with E-state index in [1.807, 2.05) is 6.07 Å². The maximum Gasteiger partial charge on any atom is 0.241 e. The van der Waals surface area contributed by atoms with Gasteiger partial charge in [0.2, 0.25) is 5.91 Å². The highest BCUT2D eigenvalue weighted by molar-refractivity contribution is 9.10. The Kier molecular flexibility index (Phi) is 3.69. The number of alkyl halides is 1. The molecule has 1 heterocycles. The van der Waals surface area contributed by atoms with Gasteiger partial charge >= 0.3 is 0 Å². The number of carbonyl (C=O) groups is 1. The van der Waals surface area contributed by atoms with Crippen LogP contribution in [0.3, 0.4) is 0 Å². The molecule has 0 unspecified atom stereocenters. The SMILES string of the molecule is O=C(CCl)Nc1nc2c(Cl)cc(Br)cc2s1. The van der Waals surface area contributed by atoms with Crippen molar-refractivity contribution in [3.05, 3.63) is 21.6 Å². The number of hydrogen-bond donors (Lipinski definition) is 1. The molecule has 2 aromatic rings. The smallest absolute Gasteiger partial charge is 0.241 e. The summed E-state index contributed by atoms with van der Waals surface area (Å²) in [6.07, 6.45) is 0. The number of amides is 1. The van der Waals surface area contributed by atoms with Gasteiger partial charge in [0.15, 0.2) is 5.13 Å². The summed E-state index contributed by atoms with van der Waals surface area (Å²) in [6.45, 7) is 0. The maximum absolute atomic E-state index is 11.1. The Bertz CT molecular complexity index is 558. The van der Waals surface area contributed by atoms with Gasteiger partial charge in [-0.2, -0.15) is 0 Å². The Balaban J connectivity index is 2.44. The average Bonchev–Trinajstić information content (AvgIpc) is 2.60. The lowest BCUT2D eigenvalue weighted by Crippen LogP contribution is -2.11. The van der Waals surface area contributed by atoms with Crippen LogP contribution in [-0.2, 0) is 4.79 Å². The van der Waals surface area contributed by atoms with Gasteiger partial charge in [0.05, 0.1) is 9.72 Å². The number of nitrogens with zero attached hydrogens (tertiary/aromatic N) is 1. The van der Waals surface area contributed by atoms with Crippen LogP contribution in [0.4, 0.5) is 5.13 Å². The Morgan fingerprint density at radius 3 is 3.00 bits per heavy atom. The molecule has 1 N–H and O–H groups in total. The summed E-state index contributed by atoms with van der Waals surface area (Å²) in [5.41, 5.74) is 0.680. The zero-order valence-corrected chi connectivity index (χ0v) is 11.7. The normalized spacial score (nSPS) is 10.7. The molecule has 1 amide bonds. The Morgan fingerprint density at radius 1 is 1.56 bits per heavy atom. The van der Waals surface area contributed by atoms with Gasteiger partial charge in [0.25, 0.3) is 0 Å². The lowest BCUT2D eigenvalue weighted by Gasteiger charge is -1.94. The molecule has 0 aliphatic heterocycles. The van der Waals surface area contributed by atoms with Gasteiger partial charge in [0, 0.05) is 4.47 Å². The lowest BCUT2D eigenvalue weighted by molar-refractivity contribution is -0.113. The second-order valence-corrected chi connectivity index (χ2v) is 5.56. The van der Waals surface area contributed by atoms with Crippen molar-refractivity contribution in [2.75, 3.05) is 11.2 Å². The average molecular weight is 340 g/mol. The first-order valence-corrected chi connectivity index (χ1v) is 6.74. The molecule has 0 aliphatic rings. The summed E-state index contributed by atoms with van der Waals surface area (Å²) in [5, 5.41) is 3.64. The highest BCUT2D eigenvalue weighted by atomic mass is 79.9. The van der Waals surface area contributed by atoms with Gasteiger partial charge in [-0.05, 0) is 12.1 Å². The molecule has 3 nitrogen and oxygen atoms in total. The maximum atomic E-state index is 11.1. The third-order valence-electron chi connectivity index (χ3n) is 1.78. The van der Waals surface area contributed by atoms with Gasteiger partial charge in [-0.1, -0.05) is 38.9 Å². The van der Waals surface area contributed by atoms with Gasteiger partial charge in [-0.3, -0.25) is 4.79 Å². The Hall–Kier alpha value is -0.360. The van der Waals surface area contributed by atoms with Crippen molar-refractivity contribution in [1.29, 1.82) is 0 Å². The molecule has 0 saturated heterocycles. The monoisotopic (exact) mass is 338 g/mol. The molecule has 0 radical (unpaired) electrons. The zero-order valence-electron chi connectivity index (χ0n) is 7.76. The van der Waals surface area contributed by atoms with Crippen LogP contribution in [0.5, 0.6) is 0 Å². The topological polar surface area (TPSA) is 42.0 Å². The number of fused-ring (bicyclic) bond motifs is 1. The van der Waals surface area contributed by atoms with E-state index in [0.29, 0.717) is 15.7 Å². The molecule has 0 spiro atoms.